The second-order valence-electron chi connectivity index (χ2n) is 19.4. The Morgan fingerprint density at radius 1 is 0.239 bits per heavy atom. The first kappa shape index (κ1) is 82.9. The Balaban J connectivity index is -0.000000101. The zero-order chi connectivity index (χ0) is 52.2. The van der Waals surface area contributed by atoms with E-state index in [0.29, 0.717) is 0 Å². The normalized spacial score (nSPS) is 9.69. The van der Waals surface area contributed by atoms with Gasteiger partial charge in [0.05, 0.1) is 0 Å². The van der Waals surface area contributed by atoms with E-state index < -0.39 is 6.16 Å². The van der Waals surface area contributed by atoms with E-state index in [0.717, 1.165) is 0 Å². The van der Waals surface area contributed by atoms with E-state index in [-0.39, 0.29) is 0 Å². The number of carbonyl (C=O) groups is 1. The lowest BCUT2D eigenvalue weighted by molar-refractivity contribution is 0.137. The molecule has 0 rings (SSSR count). The van der Waals surface area contributed by atoms with Gasteiger partial charge in [0.1, 0.15) is 0 Å². The van der Waals surface area contributed by atoms with Crippen LogP contribution < -0.4 is 0 Å². The summed E-state index contributed by atoms with van der Waals surface area (Å²) in [6.07, 6.45) is 68.7. The molecular weight excluding hydrogens is 817 g/mol. The van der Waals surface area contributed by atoms with Crippen LogP contribution in [-0.4, -0.2) is 16.4 Å². The molecule has 0 heterocycles. The average molecular weight is 958 g/mol. The van der Waals surface area contributed by atoms with Gasteiger partial charge in [-0.15, -0.1) is 6.58 Å². The first-order valence-electron chi connectivity index (χ1n) is 31.1. The predicted molar refractivity (Wildman–Crippen MR) is 316 cm³/mol. The third-order valence-electron chi connectivity index (χ3n) is 11.7. The molecule has 3 nitrogen and oxygen atoms in total. The van der Waals surface area contributed by atoms with Crippen LogP contribution in [-0.2, 0) is 0 Å². The first-order valence-corrected chi connectivity index (χ1v) is 31.1. The molecular formula is C64H140O3. The van der Waals surface area contributed by atoms with E-state index in [1.165, 1.54) is 308 Å². The van der Waals surface area contributed by atoms with Gasteiger partial charge in [-0.1, -0.05) is 397 Å². The molecule has 67 heavy (non-hydrogen) atoms. The summed E-state index contributed by atoms with van der Waals surface area (Å²) in [4.78, 5) is 8.56. The predicted octanol–water partition coefficient (Wildman–Crippen LogP) is 26.3. The van der Waals surface area contributed by atoms with Crippen molar-refractivity contribution < 1.29 is 15.0 Å². The fourth-order valence-electron chi connectivity index (χ4n) is 7.24. The number of carboxylic acid groups (broad SMARTS) is 2. The Kier molecular flexibility index (Phi) is 127. The van der Waals surface area contributed by atoms with Gasteiger partial charge in [0, 0.05) is 0 Å². The van der Waals surface area contributed by atoms with Gasteiger partial charge in [-0.25, -0.2) is 4.79 Å². The SMILES string of the molecule is C=CC.CCCCCCCCCC.CCCCCCCCCC.CCCCCCCCCC.CCCCCCCCCC.CCCCCCCCCC.CCCCCCCCCC.O=C(O)O. The van der Waals surface area contributed by atoms with Crippen LogP contribution in [0.25, 0.3) is 0 Å². The van der Waals surface area contributed by atoms with E-state index in [4.69, 9.17) is 15.0 Å². The molecule has 0 spiro atoms. The summed E-state index contributed by atoms with van der Waals surface area (Å²) in [7, 11) is 0. The van der Waals surface area contributed by atoms with Gasteiger partial charge in [0.2, 0.25) is 0 Å². The highest BCUT2D eigenvalue weighted by Gasteiger charge is 1.92. The standard InChI is InChI=1S/6C10H22.C3H6.CH2O3/c6*1-3-5-7-9-10-8-6-4-2;1-3-2;2-1(3)4/h6*3-10H2,1-2H3;3H,1H2,2H3;(H2,2,3,4). The van der Waals surface area contributed by atoms with Crippen LogP contribution in [0.5, 0.6) is 0 Å². The molecule has 0 saturated heterocycles. The molecule has 0 aliphatic carbocycles. The molecule has 0 aromatic carbocycles. The van der Waals surface area contributed by atoms with Crippen LogP contribution in [0, 0.1) is 0 Å². The Morgan fingerprint density at radius 3 is 0.328 bits per heavy atom. The lowest BCUT2D eigenvalue weighted by atomic mass is 10.1. The molecule has 0 atom stereocenters. The highest BCUT2D eigenvalue weighted by atomic mass is 16.6. The molecule has 0 aromatic heterocycles. The van der Waals surface area contributed by atoms with Crippen molar-refractivity contribution in [1.82, 2.24) is 0 Å². The maximum absolute atomic E-state index is 8.56. The van der Waals surface area contributed by atoms with Crippen molar-refractivity contribution in [3.8, 4) is 0 Å². The number of allylic oxidation sites excluding steroid dienone is 1. The summed E-state index contributed by atoms with van der Waals surface area (Å²) < 4.78 is 0. The quantitative estimate of drug-likeness (QED) is 0.0473. The maximum atomic E-state index is 8.56. The van der Waals surface area contributed by atoms with E-state index >= 15 is 0 Å². The maximum Gasteiger partial charge on any atom is 0.503 e. The van der Waals surface area contributed by atoms with Crippen LogP contribution in [0.3, 0.4) is 0 Å². The molecule has 0 saturated carbocycles. The summed E-state index contributed by atoms with van der Waals surface area (Å²) in [6, 6.07) is 0. The van der Waals surface area contributed by atoms with E-state index in [9.17, 15) is 0 Å². The zero-order valence-electron chi connectivity index (χ0n) is 50.0. The van der Waals surface area contributed by atoms with E-state index in [1.54, 1.807) is 6.08 Å². The number of hydrogen-bond acceptors (Lipinski definition) is 1. The smallest absolute Gasteiger partial charge is 0.450 e. The monoisotopic (exact) mass is 957 g/mol. The highest BCUT2D eigenvalue weighted by Crippen LogP contribution is 2.11. The zero-order valence-corrected chi connectivity index (χ0v) is 50.0. The molecule has 3 heteroatoms. The Hall–Kier alpha value is -0.990. The van der Waals surface area contributed by atoms with Crippen LogP contribution in [0.2, 0.25) is 0 Å². The second kappa shape index (κ2) is 102. The molecule has 0 bridgehead atoms. The van der Waals surface area contributed by atoms with Gasteiger partial charge in [-0.2, -0.15) is 0 Å². The molecule has 414 valence electrons. The molecule has 0 aromatic rings. The van der Waals surface area contributed by atoms with Crippen molar-refractivity contribution in [2.45, 2.75) is 398 Å². The molecule has 0 aliphatic heterocycles. The third kappa shape index (κ3) is 153. The third-order valence-corrected chi connectivity index (χ3v) is 11.7. The minimum absolute atomic E-state index is 1.37. The topological polar surface area (TPSA) is 57.5 Å². The summed E-state index contributed by atoms with van der Waals surface area (Å²) in [5, 5.41) is 13.9. The average Bonchev–Trinajstić information content (AvgIpc) is 3.32. The van der Waals surface area contributed by atoms with Gasteiger partial charge in [0.15, 0.2) is 0 Å². The minimum atomic E-state index is -1.83. The molecule has 2 N–H and O–H groups in total. The summed E-state index contributed by atoms with van der Waals surface area (Å²) >= 11 is 0. The second-order valence-corrected chi connectivity index (χ2v) is 19.4. The lowest BCUT2D eigenvalue weighted by Gasteiger charge is -1.97. The molecule has 0 radical (unpaired) electrons. The van der Waals surface area contributed by atoms with Crippen molar-refractivity contribution in [3.63, 3.8) is 0 Å². The number of unbranched alkanes of at least 4 members (excludes halogenated alkanes) is 42. The van der Waals surface area contributed by atoms with Crippen LogP contribution in [0.4, 0.5) is 4.79 Å². The lowest BCUT2D eigenvalue weighted by Crippen LogP contribution is -1.81. The van der Waals surface area contributed by atoms with E-state index in [2.05, 4.69) is 89.7 Å². The summed E-state index contributed by atoms with van der Waals surface area (Å²) in [5.41, 5.74) is 0. The number of rotatable bonds is 42. The van der Waals surface area contributed by atoms with Crippen molar-refractivity contribution in [2.24, 2.45) is 0 Å². The Labute approximate surface area is 430 Å². The molecule has 0 aliphatic rings. The van der Waals surface area contributed by atoms with Crippen LogP contribution in [0.1, 0.15) is 398 Å². The van der Waals surface area contributed by atoms with Gasteiger partial charge in [-0.3, -0.25) is 0 Å². The van der Waals surface area contributed by atoms with Crippen molar-refractivity contribution in [1.29, 1.82) is 0 Å². The Bertz CT molecular complexity index is 501. The summed E-state index contributed by atoms with van der Waals surface area (Å²) in [5.74, 6) is 0. The van der Waals surface area contributed by atoms with Crippen molar-refractivity contribution in [3.05, 3.63) is 12.7 Å². The van der Waals surface area contributed by atoms with Crippen molar-refractivity contribution >= 4 is 6.16 Å². The van der Waals surface area contributed by atoms with Gasteiger partial charge in [0.25, 0.3) is 0 Å². The Morgan fingerprint density at radius 2 is 0.284 bits per heavy atom. The minimum Gasteiger partial charge on any atom is -0.450 e. The van der Waals surface area contributed by atoms with Gasteiger partial charge < -0.3 is 10.2 Å². The molecule has 0 fully saturated rings. The van der Waals surface area contributed by atoms with E-state index in [1.807, 2.05) is 6.92 Å². The fourth-order valence-corrected chi connectivity index (χ4v) is 7.24. The van der Waals surface area contributed by atoms with Gasteiger partial charge >= 0.3 is 6.16 Å². The van der Waals surface area contributed by atoms with Gasteiger partial charge in [-0.05, 0) is 6.92 Å². The van der Waals surface area contributed by atoms with Crippen molar-refractivity contribution in [2.75, 3.05) is 0 Å². The van der Waals surface area contributed by atoms with Crippen LogP contribution >= 0.6 is 0 Å². The largest absolute Gasteiger partial charge is 0.503 e. The molecule has 0 unspecified atom stereocenters. The fraction of sp³-hybridized carbons (Fsp3) is 0.953. The van der Waals surface area contributed by atoms with Crippen LogP contribution in [0.15, 0.2) is 12.7 Å². The number of hydrogen-bond donors (Lipinski definition) is 2. The summed E-state index contributed by atoms with van der Waals surface area (Å²) in [6.45, 7) is 32.5. The highest BCUT2D eigenvalue weighted by molar-refractivity contribution is 5.53. The molecule has 0 amide bonds. The first-order chi connectivity index (χ1) is 32.6.